The summed E-state index contributed by atoms with van der Waals surface area (Å²) in [5, 5.41) is 1.21. The highest BCUT2D eigenvalue weighted by atomic mass is 35.5. The third kappa shape index (κ3) is 4.10. The molecular formula is C20H19ClN2O4S. The normalized spacial score (nSPS) is 16.8. The molecule has 0 unspecified atom stereocenters. The fourth-order valence-electron chi connectivity index (χ4n) is 2.58. The zero-order valence-electron chi connectivity index (χ0n) is 15.9. The van der Waals surface area contributed by atoms with Crippen LogP contribution >= 0.6 is 23.4 Å². The molecule has 0 aliphatic carbocycles. The van der Waals surface area contributed by atoms with Crippen molar-refractivity contribution in [2.45, 2.75) is 0 Å². The van der Waals surface area contributed by atoms with E-state index in [0.717, 1.165) is 0 Å². The van der Waals surface area contributed by atoms with Crippen LogP contribution in [0.15, 0.2) is 46.3 Å². The summed E-state index contributed by atoms with van der Waals surface area (Å²) in [6.45, 7) is 0. The topological polar surface area (TPSA) is 60.4 Å². The van der Waals surface area contributed by atoms with Crippen LogP contribution in [-0.4, -0.2) is 44.4 Å². The van der Waals surface area contributed by atoms with E-state index in [0.29, 0.717) is 43.6 Å². The van der Waals surface area contributed by atoms with Crippen molar-refractivity contribution in [1.29, 1.82) is 0 Å². The fourth-order valence-corrected chi connectivity index (χ4v) is 3.68. The van der Waals surface area contributed by atoms with Gasteiger partial charge < -0.3 is 14.2 Å². The molecule has 3 rings (SSSR count). The van der Waals surface area contributed by atoms with Crippen LogP contribution in [-0.2, 0) is 4.79 Å². The van der Waals surface area contributed by atoms with Crippen molar-refractivity contribution in [1.82, 2.24) is 4.90 Å². The molecule has 6 nitrogen and oxygen atoms in total. The first-order chi connectivity index (χ1) is 13.5. The number of likely N-dealkylation sites (N-methyl/N-ethyl adjacent to an activating group) is 1. The first-order valence-electron chi connectivity index (χ1n) is 8.28. The monoisotopic (exact) mass is 418 g/mol. The Morgan fingerprint density at radius 1 is 1.04 bits per heavy atom. The minimum absolute atomic E-state index is 0.155. The smallest absolute Gasteiger partial charge is 0.266 e. The van der Waals surface area contributed by atoms with Gasteiger partial charge in [-0.3, -0.25) is 9.69 Å². The Kier molecular flexibility index (Phi) is 6.16. The first kappa shape index (κ1) is 20.1. The zero-order valence-corrected chi connectivity index (χ0v) is 17.4. The van der Waals surface area contributed by atoms with Gasteiger partial charge in [0.15, 0.2) is 5.17 Å². The molecule has 1 aliphatic rings. The van der Waals surface area contributed by atoms with E-state index in [1.54, 1.807) is 70.9 Å². The fraction of sp³-hybridized carbons (Fsp3) is 0.200. The van der Waals surface area contributed by atoms with Crippen molar-refractivity contribution in [3.8, 4) is 17.2 Å². The Bertz CT molecular complexity index is 932. The summed E-state index contributed by atoms with van der Waals surface area (Å²) in [5.74, 6) is 1.53. The number of hydrogen-bond donors (Lipinski definition) is 0. The lowest BCUT2D eigenvalue weighted by molar-refractivity contribution is -0.121. The molecule has 1 fully saturated rings. The predicted molar refractivity (Wildman–Crippen MR) is 113 cm³/mol. The van der Waals surface area contributed by atoms with Gasteiger partial charge in [-0.15, -0.1) is 0 Å². The molecule has 1 heterocycles. The van der Waals surface area contributed by atoms with E-state index in [-0.39, 0.29) is 5.91 Å². The van der Waals surface area contributed by atoms with Gasteiger partial charge in [0.25, 0.3) is 5.91 Å². The highest BCUT2D eigenvalue weighted by molar-refractivity contribution is 8.18. The third-order valence-electron chi connectivity index (χ3n) is 4.08. The number of amides is 1. The van der Waals surface area contributed by atoms with E-state index in [1.165, 1.54) is 16.7 Å². The SMILES string of the molecule is COc1cc(OC)c(C=C2SC(=Nc3ccc(Cl)cc3)N(C)C2=O)c(OC)c1. The molecular weight excluding hydrogens is 400 g/mol. The summed E-state index contributed by atoms with van der Waals surface area (Å²) in [6, 6.07) is 10.6. The van der Waals surface area contributed by atoms with E-state index in [1.807, 2.05) is 0 Å². The highest BCUT2D eigenvalue weighted by Crippen LogP contribution is 2.39. The number of halogens is 1. The Morgan fingerprint density at radius 3 is 2.18 bits per heavy atom. The standard InChI is InChI=1S/C20H19ClN2O4S/c1-23-19(24)18(28-20(23)22-13-7-5-12(21)6-8-13)11-15-16(26-3)9-14(25-2)10-17(15)27-4/h5-11H,1-4H3. The molecule has 0 radical (unpaired) electrons. The van der Waals surface area contributed by atoms with Gasteiger partial charge in [-0.1, -0.05) is 11.6 Å². The maximum absolute atomic E-state index is 12.7. The second-order valence-electron chi connectivity index (χ2n) is 5.79. The number of rotatable bonds is 5. The summed E-state index contributed by atoms with van der Waals surface area (Å²) in [5.41, 5.74) is 1.37. The minimum Gasteiger partial charge on any atom is -0.496 e. The Morgan fingerprint density at radius 2 is 1.64 bits per heavy atom. The van der Waals surface area contributed by atoms with Crippen LogP contribution in [0.1, 0.15) is 5.56 Å². The van der Waals surface area contributed by atoms with E-state index in [2.05, 4.69) is 4.99 Å². The molecule has 2 aromatic rings. The van der Waals surface area contributed by atoms with Gasteiger partial charge in [0.2, 0.25) is 0 Å². The van der Waals surface area contributed by atoms with Crippen molar-refractivity contribution < 1.29 is 19.0 Å². The van der Waals surface area contributed by atoms with Crippen LogP contribution < -0.4 is 14.2 Å². The summed E-state index contributed by atoms with van der Waals surface area (Å²) in [4.78, 5) is 19.3. The van der Waals surface area contributed by atoms with Gasteiger partial charge in [0.05, 0.1) is 37.5 Å². The second-order valence-corrected chi connectivity index (χ2v) is 7.24. The molecule has 0 spiro atoms. The average molecular weight is 419 g/mol. The average Bonchev–Trinajstić information content (AvgIpc) is 2.97. The van der Waals surface area contributed by atoms with Gasteiger partial charge in [-0.05, 0) is 42.1 Å². The van der Waals surface area contributed by atoms with Gasteiger partial charge in [0.1, 0.15) is 17.2 Å². The van der Waals surface area contributed by atoms with E-state index < -0.39 is 0 Å². The molecule has 1 aliphatic heterocycles. The summed E-state index contributed by atoms with van der Waals surface area (Å²) < 4.78 is 16.2. The number of ether oxygens (including phenoxy) is 3. The lowest BCUT2D eigenvalue weighted by atomic mass is 10.1. The van der Waals surface area contributed by atoms with Crippen LogP contribution in [0.5, 0.6) is 17.2 Å². The summed E-state index contributed by atoms with van der Waals surface area (Å²) in [7, 11) is 6.36. The Balaban J connectivity index is 1.99. The molecule has 0 bridgehead atoms. The first-order valence-corrected chi connectivity index (χ1v) is 9.48. The number of carbonyl (C=O) groups is 1. The summed E-state index contributed by atoms with van der Waals surface area (Å²) in [6.07, 6.45) is 1.74. The lowest BCUT2D eigenvalue weighted by Crippen LogP contribution is -2.23. The van der Waals surface area contributed by atoms with Crippen LogP contribution in [0.3, 0.4) is 0 Å². The molecule has 0 atom stereocenters. The quantitative estimate of drug-likeness (QED) is 0.664. The molecule has 1 amide bonds. The van der Waals surface area contributed by atoms with Crippen molar-refractivity contribution in [2.75, 3.05) is 28.4 Å². The Hall–Kier alpha value is -2.64. The minimum atomic E-state index is -0.155. The maximum atomic E-state index is 12.7. The molecule has 0 N–H and O–H groups in total. The van der Waals surface area contributed by atoms with Crippen molar-refractivity contribution in [2.24, 2.45) is 4.99 Å². The Labute approximate surface area is 172 Å². The molecule has 0 aromatic heterocycles. The molecule has 2 aromatic carbocycles. The van der Waals surface area contributed by atoms with Crippen molar-refractivity contribution in [3.63, 3.8) is 0 Å². The number of nitrogens with zero attached hydrogens (tertiary/aromatic N) is 2. The molecule has 0 saturated carbocycles. The zero-order chi connectivity index (χ0) is 20.3. The number of amidine groups is 1. The molecule has 146 valence electrons. The predicted octanol–water partition coefficient (Wildman–Crippen LogP) is 4.60. The molecule has 28 heavy (non-hydrogen) atoms. The van der Waals surface area contributed by atoms with Gasteiger partial charge in [-0.25, -0.2) is 4.99 Å². The van der Waals surface area contributed by atoms with Crippen LogP contribution in [0.4, 0.5) is 5.69 Å². The van der Waals surface area contributed by atoms with Crippen molar-refractivity contribution in [3.05, 3.63) is 51.9 Å². The van der Waals surface area contributed by atoms with Gasteiger partial charge in [0, 0.05) is 24.2 Å². The second kappa shape index (κ2) is 8.58. The molecule has 1 saturated heterocycles. The highest BCUT2D eigenvalue weighted by Gasteiger charge is 2.31. The maximum Gasteiger partial charge on any atom is 0.266 e. The van der Waals surface area contributed by atoms with E-state index in [4.69, 9.17) is 25.8 Å². The summed E-state index contributed by atoms with van der Waals surface area (Å²) >= 11 is 7.19. The van der Waals surface area contributed by atoms with Crippen LogP contribution in [0.25, 0.3) is 6.08 Å². The third-order valence-corrected chi connectivity index (χ3v) is 5.40. The molecule has 8 heteroatoms. The van der Waals surface area contributed by atoms with E-state index >= 15 is 0 Å². The van der Waals surface area contributed by atoms with Crippen molar-refractivity contribution >= 4 is 46.2 Å². The van der Waals surface area contributed by atoms with Crippen LogP contribution in [0.2, 0.25) is 5.02 Å². The van der Waals surface area contributed by atoms with Crippen LogP contribution in [0, 0.1) is 0 Å². The van der Waals surface area contributed by atoms with E-state index in [9.17, 15) is 4.79 Å². The largest absolute Gasteiger partial charge is 0.496 e. The number of thioether (sulfide) groups is 1. The lowest BCUT2D eigenvalue weighted by Gasteiger charge is -2.13. The number of methoxy groups -OCH3 is 3. The van der Waals surface area contributed by atoms with Gasteiger partial charge >= 0.3 is 0 Å². The number of hydrogen-bond acceptors (Lipinski definition) is 6. The number of carbonyl (C=O) groups excluding carboxylic acids is 1. The van der Waals surface area contributed by atoms with Gasteiger partial charge in [-0.2, -0.15) is 0 Å². The number of aliphatic imine (C=N–C) groups is 1. The number of benzene rings is 2.